The van der Waals surface area contributed by atoms with Crippen molar-refractivity contribution in [1.29, 1.82) is 0 Å². The summed E-state index contributed by atoms with van der Waals surface area (Å²) >= 11 is 0. The van der Waals surface area contributed by atoms with Crippen LogP contribution in [0, 0.1) is 0 Å². The van der Waals surface area contributed by atoms with E-state index < -0.39 is 12.1 Å². The molecule has 0 aliphatic carbocycles. The number of hydrogen-bond donors (Lipinski definition) is 0. The van der Waals surface area contributed by atoms with E-state index in [-0.39, 0.29) is 6.61 Å². The van der Waals surface area contributed by atoms with Gasteiger partial charge in [0.25, 0.3) is 0 Å². The van der Waals surface area contributed by atoms with E-state index in [4.69, 9.17) is 9.47 Å². The highest BCUT2D eigenvalue weighted by Crippen LogP contribution is 2.32. The van der Waals surface area contributed by atoms with Crippen molar-refractivity contribution in [2.24, 2.45) is 0 Å². The van der Waals surface area contributed by atoms with Crippen LogP contribution in [0.3, 0.4) is 0 Å². The minimum absolute atomic E-state index is 0.187. The molecule has 6 nitrogen and oxygen atoms in total. The van der Waals surface area contributed by atoms with Gasteiger partial charge in [0, 0.05) is 6.08 Å². The van der Waals surface area contributed by atoms with Crippen molar-refractivity contribution in [3.05, 3.63) is 35.9 Å². The highest BCUT2D eigenvalue weighted by atomic mass is 16.7. The summed E-state index contributed by atoms with van der Waals surface area (Å²) in [5, 5.41) is 0. The van der Waals surface area contributed by atoms with Crippen LogP contribution in [0.5, 0.6) is 11.5 Å². The maximum Gasteiger partial charge on any atom is 0.516 e. The van der Waals surface area contributed by atoms with E-state index in [1.165, 1.54) is 37.3 Å². The lowest BCUT2D eigenvalue weighted by Crippen LogP contribution is -2.11. The number of benzene rings is 1. The van der Waals surface area contributed by atoms with Gasteiger partial charge in [-0.1, -0.05) is 37.8 Å². The molecule has 0 saturated heterocycles. The maximum absolute atomic E-state index is 11.3. The number of ether oxygens (including phenoxy) is 4. The largest absolute Gasteiger partial charge is 0.516 e. The van der Waals surface area contributed by atoms with Crippen molar-refractivity contribution in [2.45, 2.75) is 58.3 Å². The van der Waals surface area contributed by atoms with E-state index >= 15 is 0 Å². The third kappa shape index (κ3) is 8.15. The summed E-state index contributed by atoms with van der Waals surface area (Å²) < 4.78 is 19.7. The molecule has 0 atom stereocenters. The summed E-state index contributed by atoms with van der Waals surface area (Å²) in [7, 11) is 0. The van der Waals surface area contributed by atoms with Gasteiger partial charge in [-0.15, -0.1) is 0 Å². The van der Waals surface area contributed by atoms with Crippen LogP contribution < -0.4 is 9.47 Å². The van der Waals surface area contributed by atoms with Crippen molar-refractivity contribution < 1.29 is 28.5 Å². The molecule has 148 valence electrons. The lowest BCUT2D eigenvalue weighted by molar-refractivity contribution is -0.134. The smallest absolute Gasteiger partial charge is 0.454 e. The Hall–Kier alpha value is -2.50. The lowest BCUT2D eigenvalue weighted by Gasteiger charge is -2.04. The lowest BCUT2D eigenvalue weighted by atomic mass is 10.0. The summed E-state index contributed by atoms with van der Waals surface area (Å²) in [6, 6.07) is 6.15. The molecule has 1 aliphatic heterocycles. The topological polar surface area (TPSA) is 71.1 Å². The summed E-state index contributed by atoms with van der Waals surface area (Å²) in [5.41, 5.74) is 1.29. The fourth-order valence-electron chi connectivity index (χ4n) is 2.84. The highest BCUT2D eigenvalue weighted by Gasteiger charge is 2.12. The number of hydrogen-bond acceptors (Lipinski definition) is 6. The van der Waals surface area contributed by atoms with Gasteiger partial charge in [0.05, 0.1) is 6.61 Å². The monoisotopic (exact) mass is 376 g/mol. The first-order chi connectivity index (χ1) is 13.2. The van der Waals surface area contributed by atoms with Gasteiger partial charge in [-0.2, -0.15) is 0 Å². The Morgan fingerprint density at radius 1 is 1.04 bits per heavy atom. The number of esters is 1. The zero-order valence-corrected chi connectivity index (χ0v) is 15.9. The van der Waals surface area contributed by atoms with Crippen molar-refractivity contribution in [3.63, 3.8) is 0 Å². The van der Waals surface area contributed by atoms with Gasteiger partial charge in [0.15, 0.2) is 11.5 Å². The fourth-order valence-corrected chi connectivity index (χ4v) is 2.84. The number of unbranched alkanes of at least 4 members (excludes halogenated alkanes) is 6. The standard InChI is InChI=1S/C21H28O6/c1-2-24-21(23)27-20(22)12-10-8-6-4-3-5-7-9-11-17-13-14-18-19(15-17)26-16-25-18/h10,12-15H,2-9,11,16H2,1H3/b12-10+. The van der Waals surface area contributed by atoms with E-state index in [1.54, 1.807) is 13.0 Å². The van der Waals surface area contributed by atoms with Crippen LogP contribution in [0.1, 0.15) is 57.4 Å². The number of fused-ring (bicyclic) bond motifs is 1. The molecule has 0 radical (unpaired) electrons. The minimum Gasteiger partial charge on any atom is -0.454 e. The molecule has 0 N–H and O–H groups in total. The third-order valence-electron chi connectivity index (χ3n) is 4.22. The zero-order valence-electron chi connectivity index (χ0n) is 15.9. The summed E-state index contributed by atoms with van der Waals surface area (Å²) in [6.07, 6.45) is 10.8. The summed E-state index contributed by atoms with van der Waals surface area (Å²) in [4.78, 5) is 22.2. The number of rotatable bonds is 11. The Kier molecular flexibility index (Phi) is 9.24. The maximum atomic E-state index is 11.3. The first-order valence-corrected chi connectivity index (χ1v) is 9.62. The second-order valence-electron chi connectivity index (χ2n) is 6.35. The van der Waals surface area contributed by atoms with Crippen LogP contribution in [-0.4, -0.2) is 25.5 Å². The van der Waals surface area contributed by atoms with Crippen LogP contribution in [0.2, 0.25) is 0 Å². The fraction of sp³-hybridized carbons (Fsp3) is 0.524. The quantitative estimate of drug-likeness (QED) is 0.236. The Bertz CT molecular complexity index is 638. The van der Waals surface area contributed by atoms with Crippen molar-refractivity contribution >= 4 is 12.1 Å². The number of aryl methyl sites for hydroxylation is 1. The third-order valence-corrected chi connectivity index (χ3v) is 4.22. The molecule has 0 spiro atoms. The molecule has 6 heteroatoms. The zero-order chi connectivity index (χ0) is 19.3. The van der Waals surface area contributed by atoms with Gasteiger partial charge < -0.3 is 18.9 Å². The molecule has 1 heterocycles. The molecule has 0 unspecified atom stereocenters. The van der Waals surface area contributed by atoms with Crippen LogP contribution >= 0.6 is 0 Å². The molecular formula is C21H28O6. The van der Waals surface area contributed by atoms with Crippen molar-refractivity contribution in [1.82, 2.24) is 0 Å². The predicted molar refractivity (Wildman–Crippen MR) is 101 cm³/mol. The number of carbonyl (C=O) groups is 2. The Labute approximate surface area is 160 Å². The Balaban J connectivity index is 1.44. The molecule has 0 bridgehead atoms. The Morgan fingerprint density at radius 3 is 2.59 bits per heavy atom. The average molecular weight is 376 g/mol. The van der Waals surface area contributed by atoms with E-state index in [2.05, 4.69) is 21.6 Å². The van der Waals surface area contributed by atoms with E-state index in [0.717, 1.165) is 37.2 Å². The van der Waals surface area contributed by atoms with E-state index in [9.17, 15) is 9.59 Å². The van der Waals surface area contributed by atoms with Gasteiger partial charge in [0.1, 0.15) is 0 Å². The molecule has 0 amide bonds. The van der Waals surface area contributed by atoms with Gasteiger partial charge in [-0.25, -0.2) is 9.59 Å². The molecule has 1 aliphatic rings. The second kappa shape index (κ2) is 12.0. The average Bonchev–Trinajstić information content (AvgIpc) is 3.11. The van der Waals surface area contributed by atoms with Crippen LogP contribution in [-0.2, 0) is 20.7 Å². The SMILES string of the molecule is CCOC(=O)OC(=O)/C=C/CCCCCCCCc1ccc2c(c1)OCO2. The molecule has 2 rings (SSSR count). The van der Waals surface area contributed by atoms with Gasteiger partial charge >= 0.3 is 12.1 Å². The molecule has 1 aromatic carbocycles. The first-order valence-electron chi connectivity index (χ1n) is 9.62. The van der Waals surface area contributed by atoms with Crippen LogP contribution in [0.4, 0.5) is 4.79 Å². The van der Waals surface area contributed by atoms with Gasteiger partial charge in [-0.05, 0) is 50.3 Å². The number of carbonyl (C=O) groups excluding carboxylic acids is 2. The van der Waals surface area contributed by atoms with Gasteiger partial charge in [-0.3, -0.25) is 0 Å². The summed E-state index contributed by atoms with van der Waals surface area (Å²) in [5.74, 6) is 1.01. The van der Waals surface area contributed by atoms with Crippen LogP contribution in [0.25, 0.3) is 0 Å². The Morgan fingerprint density at radius 2 is 1.78 bits per heavy atom. The van der Waals surface area contributed by atoms with Crippen molar-refractivity contribution in [2.75, 3.05) is 13.4 Å². The molecular weight excluding hydrogens is 348 g/mol. The molecule has 0 saturated carbocycles. The second-order valence-corrected chi connectivity index (χ2v) is 6.35. The van der Waals surface area contributed by atoms with Crippen molar-refractivity contribution in [3.8, 4) is 11.5 Å². The first kappa shape index (κ1) is 20.8. The minimum atomic E-state index is -0.951. The molecule has 0 fully saturated rings. The van der Waals surface area contributed by atoms with E-state index in [0.29, 0.717) is 6.79 Å². The predicted octanol–water partition coefficient (Wildman–Crippen LogP) is 4.94. The molecule has 0 aromatic heterocycles. The molecule has 1 aromatic rings. The normalized spacial score (nSPS) is 12.3. The molecule has 27 heavy (non-hydrogen) atoms. The summed E-state index contributed by atoms with van der Waals surface area (Å²) in [6.45, 7) is 2.16. The van der Waals surface area contributed by atoms with Crippen LogP contribution in [0.15, 0.2) is 30.4 Å². The van der Waals surface area contributed by atoms with Gasteiger partial charge in [0.2, 0.25) is 6.79 Å². The number of allylic oxidation sites excluding steroid dienone is 1. The van der Waals surface area contributed by atoms with E-state index in [1.807, 2.05) is 6.07 Å². The highest BCUT2D eigenvalue weighted by molar-refractivity contribution is 5.89.